The van der Waals surface area contributed by atoms with Gasteiger partial charge in [-0.2, -0.15) is 0 Å². The molecule has 0 saturated heterocycles. The highest BCUT2D eigenvalue weighted by atomic mass is 35.5. The first-order valence-electron chi connectivity index (χ1n) is 5.10. The predicted molar refractivity (Wildman–Crippen MR) is 68.5 cm³/mol. The smallest absolute Gasteiger partial charge is 0.339 e. The van der Waals surface area contributed by atoms with Gasteiger partial charge < -0.3 is 9.64 Å². The maximum absolute atomic E-state index is 11.4. The van der Waals surface area contributed by atoms with Gasteiger partial charge in [-0.1, -0.05) is 11.6 Å². The Bertz CT molecular complexity index is 558. The molecule has 102 valence electrons. The van der Waals surface area contributed by atoms with Crippen LogP contribution in [-0.4, -0.2) is 31.0 Å². The molecule has 0 unspecified atom stereocenters. The average Bonchev–Trinajstić information content (AvgIpc) is 2.35. The van der Waals surface area contributed by atoms with Gasteiger partial charge in [0, 0.05) is 14.0 Å². The maximum Gasteiger partial charge on any atom is 0.339 e. The van der Waals surface area contributed by atoms with E-state index in [1.165, 1.54) is 26.1 Å². The van der Waals surface area contributed by atoms with E-state index in [1.54, 1.807) is 0 Å². The monoisotopic (exact) mass is 286 g/mol. The van der Waals surface area contributed by atoms with E-state index in [4.69, 9.17) is 11.6 Å². The van der Waals surface area contributed by atoms with Gasteiger partial charge in [0.25, 0.3) is 0 Å². The predicted octanol–water partition coefficient (Wildman–Crippen LogP) is 2.02. The number of rotatable bonds is 3. The number of halogens is 1. The number of ether oxygens (including phenoxy) is 1. The number of nitro benzene ring substituents is 1. The SMILES string of the molecule is COC(=O)c1ccc(N(C)C(C)=O)c([N+](=O)[O-])c1Cl. The van der Waals surface area contributed by atoms with Crippen LogP contribution in [0.4, 0.5) is 11.4 Å². The first-order chi connectivity index (χ1) is 8.81. The summed E-state index contributed by atoms with van der Waals surface area (Å²) in [5.74, 6) is -1.19. The zero-order valence-corrected chi connectivity index (χ0v) is 11.2. The Morgan fingerprint density at radius 3 is 2.42 bits per heavy atom. The van der Waals surface area contributed by atoms with Gasteiger partial charge in [0.15, 0.2) is 0 Å². The number of carbonyl (C=O) groups is 2. The van der Waals surface area contributed by atoms with Crippen LogP contribution in [0, 0.1) is 10.1 Å². The van der Waals surface area contributed by atoms with Gasteiger partial charge >= 0.3 is 11.7 Å². The molecule has 19 heavy (non-hydrogen) atoms. The third kappa shape index (κ3) is 2.82. The summed E-state index contributed by atoms with van der Waals surface area (Å²) in [6.07, 6.45) is 0. The minimum Gasteiger partial charge on any atom is -0.465 e. The largest absolute Gasteiger partial charge is 0.465 e. The highest BCUT2D eigenvalue weighted by Crippen LogP contribution is 2.37. The van der Waals surface area contributed by atoms with Crippen molar-refractivity contribution in [1.82, 2.24) is 0 Å². The molecule has 1 aromatic rings. The third-order valence-electron chi connectivity index (χ3n) is 2.52. The quantitative estimate of drug-likeness (QED) is 0.482. The lowest BCUT2D eigenvalue weighted by molar-refractivity contribution is -0.384. The minimum atomic E-state index is -0.787. The molecule has 0 aliphatic rings. The van der Waals surface area contributed by atoms with Gasteiger partial charge in [0.05, 0.1) is 17.6 Å². The third-order valence-corrected chi connectivity index (χ3v) is 2.90. The Labute approximate surface area is 113 Å². The summed E-state index contributed by atoms with van der Waals surface area (Å²) in [5, 5.41) is 10.7. The van der Waals surface area contributed by atoms with Crippen molar-refractivity contribution in [3.8, 4) is 0 Å². The van der Waals surface area contributed by atoms with E-state index in [9.17, 15) is 19.7 Å². The Kier molecular flexibility index (Phi) is 4.44. The van der Waals surface area contributed by atoms with Gasteiger partial charge in [-0.3, -0.25) is 14.9 Å². The van der Waals surface area contributed by atoms with Crippen molar-refractivity contribution in [2.75, 3.05) is 19.1 Å². The lowest BCUT2D eigenvalue weighted by atomic mass is 10.1. The maximum atomic E-state index is 11.4. The molecule has 0 fully saturated rings. The van der Waals surface area contributed by atoms with Crippen molar-refractivity contribution in [2.45, 2.75) is 6.92 Å². The van der Waals surface area contributed by atoms with Crippen molar-refractivity contribution >= 4 is 34.9 Å². The molecule has 1 rings (SSSR count). The van der Waals surface area contributed by atoms with Crippen LogP contribution in [0.15, 0.2) is 12.1 Å². The molecular formula is C11H11ClN2O5. The number of hydrogen-bond donors (Lipinski definition) is 0. The summed E-state index contributed by atoms with van der Waals surface area (Å²) in [6, 6.07) is 2.55. The van der Waals surface area contributed by atoms with Gasteiger partial charge in [-0.15, -0.1) is 0 Å². The number of hydrogen-bond acceptors (Lipinski definition) is 5. The molecule has 0 spiro atoms. The van der Waals surface area contributed by atoms with Gasteiger partial charge in [-0.05, 0) is 12.1 Å². The summed E-state index contributed by atoms with van der Waals surface area (Å²) in [7, 11) is 2.51. The normalized spacial score (nSPS) is 9.89. The number of amides is 1. The van der Waals surface area contributed by atoms with Crippen molar-refractivity contribution in [3.63, 3.8) is 0 Å². The Balaban J connectivity index is 3.53. The number of anilines is 1. The second-order valence-electron chi connectivity index (χ2n) is 3.62. The summed E-state index contributed by atoms with van der Waals surface area (Å²) in [6.45, 7) is 1.26. The number of carbonyl (C=O) groups excluding carboxylic acids is 2. The molecule has 0 aliphatic heterocycles. The molecule has 0 atom stereocenters. The molecule has 0 radical (unpaired) electrons. The molecule has 0 bridgehead atoms. The van der Waals surface area contributed by atoms with Crippen LogP contribution >= 0.6 is 11.6 Å². The first kappa shape index (κ1) is 14.9. The van der Waals surface area contributed by atoms with Crippen LogP contribution in [-0.2, 0) is 9.53 Å². The van der Waals surface area contributed by atoms with Crippen molar-refractivity contribution in [1.29, 1.82) is 0 Å². The molecule has 8 heteroatoms. The molecule has 0 aliphatic carbocycles. The van der Waals surface area contributed by atoms with E-state index in [2.05, 4.69) is 4.74 Å². The van der Waals surface area contributed by atoms with Crippen LogP contribution in [0.5, 0.6) is 0 Å². The molecular weight excluding hydrogens is 276 g/mol. The van der Waals surface area contributed by atoms with Gasteiger partial charge in [0.1, 0.15) is 10.7 Å². The molecule has 7 nitrogen and oxygen atoms in total. The molecule has 0 N–H and O–H groups in total. The van der Waals surface area contributed by atoms with Gasteiger partial charge in [0.2, 0.25) is 5.91 Å². The van der Waals surface area contributed by atoms with Crippen LogP contribution in [0.1, 0.15) is 17.3 Å². The van der Waals surface area contributed by atoms with Crippen LogP contribution in [0.25, 0.3) is 0 Å². The highest BCUT2D eigenvalue weighted by Gasteiger charge is 2.28. The summed E-state index contributed by atoms with van der Waals surface area (Å²) < 4.78 is 4.47. The average molecular weight is 287 g/mol. The zero-order valence-electron chi connectivity index (χ0n) is 10.5. The van der Waals surface area contributed by atoms with Crippen molar-refractivity contribution in [3.05, 3.63) is 32.8 Å². The first-order valence-corrected chi connectivity index (χ1v) is 5.48. The highest BCUT2D eigenvalue weighted by molar-refractivity contribution is 6.36. The van der Waals surface area contributed by atoms with Gasteiger partial charge in [-0.25, -0.2) is 4.79 Å². The topological polar surface area (TPSA) is 89.8 Å². The number of methoxy groups -OCH3 is 1. The van der Waals surface area contributed by atoms with E-state index in [0.29, 0.717) is 0 Å². The number of nitro groups is 1. The van der Waals surface area contributed by atoms with Crippen LogP contribution in [0.2, 0.25) is 5.02 Å². The molecule has 1 aromatic carbocycles. The van der Waals surface area contributed by atoms with E-state index in [-0.39, 0.29) is 16.3 Å². The zero-order chi connectivity index (χ0) is 14.7. The minimum absolute atomic E-state index is 0.00940. The lowest BCUT2D eigenvalue weighted by Gasteiger charge is -2.16. The van der Waals surface area contributed by atoms with Crippen LogP contribution in [0.3, 0.4) is 0 Å². The van der Waals surface area contributed by atoms with Crippen molar-refractivity contribution < 1.29 is 19.2 Å². The molecule has 0 aromatic heterocycles. The molecule has 0 saturated carbocycles. The van der Waals surface area contributed by atoms with Crippen LogP contribution < -0.4 is 4.90 Å². The Hall–Kier alpha value is -2.15. The van der Waals surface area contributed by atoms with Crippen molar-refractivity contribution in [2.24, 2.45) is 0 Å². The number of benzene rings is 1. The fourth-order valence-electron chi connectivity index (χ4n) is 1.44. The fourth-order valence-corrected chi connectivity index (χ4v) is 1.74. The number of nitrogens with zero attached hydrogens (tertiary/aromatic N) is 2. The Morgan fingerprint density at radius 1 is 1.42 bits per heavy atom. The second kappa shape index (κ2) is 5.66. The summed E-state index contributed by atoms with van der Waals surface area (Å²) >= 11 is 5.85. The number of esters is 1. The Morgan fingerprint density at radius 2 is 2.00 bits per heavy atom. The summed E-state index contributed by atoms with van der Waals surface area (Å²) in [4.78, 5) is 34.1. The van der Waals surface area contributed by atoms with E-state index >= 15 is 0 Å². The molecule has 1 amide bonds. The standard InChI is InChI=1S/C11H11ClN2O5/c1-6(15)13(2)8-5-4-7(11(16)19-3)9(12)10(8)14(17)18/h4-5H,1-3H3. The van der Waals surface area contributed by atoms with E-state index < -0.39 is 22.5 Å². The fraction of sp³-hybridized carbons (Fsp3) is 0.273. The van der Waals surface area contributed by atoms with E-state index in [0.717, 1.165) is 12.0 Å². The van der Waals surface area contributed by atoms with E-state index in [1.807, 2.05) is 0 Å². The second-order valence-corrected chi connectivity index (χ2v) is 4.00. The summed E-state index contributed by atoms with van der Waals surface area (Å²) in [5.41, 5.74) is -0.631. The lowest BCUT2D eigenvalue weighted by Crippen LogP contribution is -2.24. The molecule has 0 heterocycles.